The van der Waals surface area contributed by atoms with Crippen molar-refractivity contribution in [1.82, 2.24) is 14.9 Å². The Balaban J connectivity index is 1.40. The number of nitrogens with zero attached hydrogens (tertiary/aromatic N) is 2. The van der Waals surface area contributed by atoms with Gasteiger partial charge in [0, 0.05) is 19.5 Å². The van der Waals surface area contributed by atoms with Crippen molar-refractivity contribution in [2.75, 3.05) is 13.2 Å². The first-order valence-electron chi connectivity index (χ1n) is 10.2. The van der Waals surface area contributed by atoms with Gasteiger partial charge in [0.05, 0.1) is 17.6 Å². The molecule has 0 saturated carbocycles. The number of aromatic nitrogens is 2. The molecule has 0 saturated heterocycles. The van der Waals surface area contributed by atoms with Gasteiger partial charge in [0.25, 0.3) is 0 Å². The second-order valence-electron chi connectivity index (χ2n) is 7.12. The van der Waals surface area contributed by atoms with Crippen LogP contribution in [-0.4, -0.2) is 28.6 Å². The number of nitrogens with one attached hydrogen (secondary N) is 1. The molecule has 5 nitrogen and oxygen atoms in total. The Morgan fingerprint density at radius 3 is 2.73 bits per heavy atom. The van der Waals surface area contributed by atoms with Crippen LogP contribution in [0.2, 0.25) is 0 Å². The molecular formula is C25H25N3O2. The maximum absolute atomic E-state index is 11.4. The standard InChI is InChI=1S/C25H25N3O2/c1-2-25(29)26-15-14-24-27-22-10-5-6-11-23(22)28(24)16-7-17-30-21-13-12-19-8-3-4-9-20(19)18-21/h2-6,8-13,18H,1,7,14-17H2,(H,26,29). The van der Waals surface area contributed by atoms with Gasteiger partial charge in [-0.15, -0.1) is 0 Å². The summed E-state index contributed by atoms with van der Waals surface area (Å²) in [5, 5.41) is 5.21. The van der Waals surface area contributed by atoms with Gasteiger partial charge in [-0.25, -0.2) is 4.98 Å². The normalized spacial score (nSPS) is 10.9. The summed E-state index contributed by atoms with van der Waals surface area (Å²) in [6, 6.07) is 22.6. The summed E-state index contributed by atoms with van der Waals surface area (Å²) < 4.78 is 8.21. The van der Waals surface area contributed by atoms with Gasteiger partial charge in [0.1, 0.15) is 11.6 Å². The lowest BCUT2D eigenvalue weighted by Crippen LogP contribution is -2.24. The van der Waals surface area contributed by atoms with Crippen LogP contribution in [0.3, 0.4) is 0 Å². The SMILES string of the molecule is C=CC(=O)NCCc1nc2ccccc2n1CCCOc1ccc2ccccc2c1. The maximum atomic E-state index is 11.4. The van der Waals surface area contributed by atoms with Crippen molar-refractivity contribution in [3.05, 3.63) is 85.2 Å². The monoisotopic (exact) mass is 399 g/mol. The first-order valence-corrected chi connectivity index (χ1v) is 10.2. The lowest BCUT2D eigenvalue weighted by atomic mass is 10.1. The molecule has 0 bridgehead atoms. The topological polar surface area (TPSA) is 56.2 Å². The highest BCUT2D eigenvalue weighted by molar-refractivity contribution is 5.86. The Morgan fingerprint density at radius 2 is 1.87 bits per heavy atom. The second kappa shape index (κ2) is 9.27. The number of benzene rings is 3. The largest absolute Gasteiger partial charge is 0.494 e. The highest BCUT2D eigenvalue weighted by Crippen LogP contribution is 2.21. The van der Waals surface area contributed by atoms with Gasteiger partial charge in [0.15, 0.2) is 0 Å². The van der Waals surface area contributed by atoms with E-state index >= 15 is 0 Å². The van der Waals surface area contributed by atoms with Crippen molar-refractivity contribution < 1.29 is 9.53 Å². The van der Waals surface area contributed by atoms with E-state index in [2.05, 4.69) is 46.8 Å². The predicted octanol–water partition coefficient (Wildman–Crippen LogP) is 4.50. The van der Waals surface area contributed by atoms with Crippen LogP contribution in [0.5, 0.6) is 5.75 Å². The Kier molecular flexibility index (Phi) is 6.09. The second-order valence-corrected chi connectivity index (χ2v) is 7.12. The molecule has 0 aliphatic heterocycles. The third kappa shape index (κ3) is 4.51. The number of hydrogen-bond acceptors (Lipinski definition) is 3. The summed E-state index contributed by atoms with van der Waals surface area (Å²) in [6.07, 6.45) is 2.81. The molecule has 0 radical (unpaired) electrons. The van der Waals surface area contributed by atoms with E-state index in [4.69, 9.17) is 9.72 Å². The maximum Gasteiger partial charge on any atom is 0.243 e. The molecule has 30 heavy (non-hydrogen) atoms. The van der Waals surface area contributed by atoms with E-state index in [1.807, 2.05) is 36.4 Å². The smallest absolute Gasteiger partial charge is 0.243 e. The number of carbonyl (C=O) groups is 1. The minimum Gasteiger partial charge on any atom is -0.494 e. The van der Waals surface area contributed by atoms with Gasteiger partial charge >= 0.3 is 0 Å². The molecule has 152 valence electrons. The Bertz CT molecular complexity index is 1180. The number of carbonyl (C=O) groups excluding carboxylic acids is 1. The highest BCUT2D eigenvalue weighted by Gasteiger charge is 2.10. The average Bonchev–Trinajstić information content (AvgIpc) is 3.13. The first-order chi connectivity index (χ1) is 14.7. The minimum atomic E-state index is -0.165. The van der Waals surface area contributed by atoms with Gasteiger partial charge in [-0.05, 0) is 47.5 Å². The molecule has 1 N–H and O–H groups in total. The van der Waals surface area contributed by atoms with Crippen molar-refractivity contribution in [3.63, 3.8) is 0 Å². The number of para-hydroxylation sites is 2. The zero-order valence-corrected chi connectivity index (χ0v) is 16.9. The average molecular weight is 399 g/mol. The summed E-state index contributed by atoms with van der Waals surface area (Å²) in [5.41, 5.74) is 2.08. The van der Waals surface area contributed by atoms with Gasteiger partial charge in [-0.1, -0.05) is 49.0 Å². The number of hydrogen-bond donors (Lipinski definition) is 1. The molecule has 1 heterocycles. The molecule has 0 aliphatic rings. The third-order valence-corrected chi connectivity index (χ3v) is 5.08. The van der Waals surface area contributed by atoms with Crippen LogP contribution in [0.25, 0.3) is 21.8 Å². The molecule has 1 amide bonds. The molecule has 4 aromatic rings. The number of rotatable bonds is 9. The molecule has 0 fully saturated rings. The summed E-state index contributed by atoms with van der Waals surface area (Å²) in [6.45, 7) is 5.44. The predicted molar refractivity (Wildman–Crippen MR) is 121 cm³/mol. The molecule has 0 aliphatic carbocycles. The number of imidazole rings is 1. The molecule has 3 aromatic carbocycles. The van der Waals surface area contributed by atoms with E-state index in [1.54, 1.807) is 0 Å². The molecule has 0 unspecified atom stereocenters. The zero-order valence-electron chi connectivity index (χ0n) is 16.9. The number of ether oxygens (including phenoxy) is 1. The summed E-state index contributed by atoms with van der Waals surface area (Å²) in [4.78, 5) is 16.2. The van der Waals surface area contributed by atoms with E-state index in [0.717, 1.165) is 35.6 Å². The van der Waals surface area contributed by atoms with Crippen molar-refractivity contribution in [2.45, 2.75) is 19.4 Å². The molecule has 5 heteroatoms. The van der Waals surface area contributed by atoms with E-state index in [1.165, 1.54) is 16.8 Å². The van der Waals surface area contributed by atoms with Crippen LogP contribution in [-0.2, 0) is 17.8 Å². The van der Waals surface area contributed by atoms with E-state index in [9.17, 15) is 4.79 Å². The zero-order chi connectivity index (χ0) is 20.8. The van der Waals surface area contributed by atoms with E-state index < -0.39 is 0 Å². The van der Waals surface area contributed by atoms with Crippen molar-refractivity contribution in [1.29, 1.82) is 0 Å². The Hall–Kier alpha value is -3.60. The molecule has 4 rings (SSSR count). The van der Waals surface area contributed by atoms with Crippen LogP contribution < -0.4 is 10.1 Å². The van der Waals surface area contributed by atoms with Gasteiger partial charge in [-0.2, -0.15) is 0 Å². The van der Waals surface area contributed by atoms with E-state index in [-0.39, 0.29) is 5.91 Å². The number of amides is 1. The Labute approximate surface area is 176 Å². The third-order valence-electron chi connectivity index (χ3n) is 5.08. The quantitative estimate of drug-likeness (QED) is 0.333. The molecule has 0 atom stereocenters. The minimum absolute atomic E-state index is 0.165. The van der Waals surface area contributed by atoms with Crippen molar-refractivity contribution >= 4 is 27.7 Å². The van der Waals surface area contributed by atoms with Crippen molar-refractivity contribution in [3.8, 4) is 5.75 Å². The summed E-state index contributed by atoms with van der Waals surface area (Å²) in [7, 11) is 0. The first kappa shape index (κ1) is 19.7. The fourth-order valence-corrected chi connectivity index (χ4v) is 3.61. The number of fused-ring (bicyclic) bond motifs is 2. The van der Waals surface area contributed by atoms with Crippen LogP contribution in [0, 0.1) is 0 Å². The highest BCUT2D eigenvalue weighted by atomic mass is 16.5. The fraction of sp³-hybridized carbons (Fsp3) is 0.200. The molecular weight excluding hydrogens is 374 g/mol. The van der Waals surface area contributed by atoms with Crippen LogP contribution in [0.15, 0.2) is 79.4 Å². The molecule has 1 aromatic heterocycles. The fourth-order valence-electron chi connectivity index (χ4n) is 3.61. The number of aryl methyl sites for hydroxylation is 1. The van der Waals surface area contributed by atoms with Crippen LogP contribution >= 0.6 is 0 Å². The van der Waals surface area contributed by atoms with Gasteiger partial charge in [0.2, 0.25) is 5.91 Å². The van der Waals surface area contributed by atoms with Gasteiger partial charge < -0.3 is 14.6 Å². The van der Waals surface area contributed by atoms with Crippen LogP contribution in [0.4, 0.5) is 0 Å². The molecule has 0 spiro atoms. The lowest BCUT2D eigenvalue weighted by Gasteiger charge is -2.11. The summed E-state index contributed by atoms with van der Waals surface area (Å²) >= 11 is 0. The van der Waals surface area contributed by atoms with Gasteiger partial charge in [-0.3, -0.25) is 4.79 Å². The van der Waals surface area contributed by atoms with Crippen LogP contribution in [0.1, 0.15) is 12.2 Å². The lowest BCUT2D eigenvalue weighted by molar-refractivity contribution is -0.116. The Morgan fingerprint density at radius 1 is 1.07 bits per heavy atom. The summed E-state index contributed by atoms with van der Waals surface area (Å²) in [5.74, 6) is 1.68. The van der Waals surface area contributed by atoms with E-state index in [0.29, 0.717) is 19.6 Å². The van der Waals surface area contributed by atoms with Crippen molar-refractivity contribution in [2.24, 2.45) is 0 Å².